The first-order chi connectivity index (χ1) is 14.7. The van der Waals surface area contributed by atoms with Crippen LogP contribution >= 0.6 is 0 Å². The maximum absolute atomic E-state index is 13.5. The van der Waals surface area contributed by atoms with Crippen molar-refractivity contribution in [3.8, 4) is 0 Å². The van der Waals surface area contributed by atoms with Gasteiger partial charge in [-0.2, -0.15) is 0 Å². The zero-order chi connectivity index (χ0) is 22.7. The molecule has 168 valence electrons. The molecule has 3 rings (SSSR count). The number of carbonyl (C=O) groups is 1. The average Bonchev–Trinajstić information content (AvgIpc) is 3.02. The lowest BCUT2D eigenvalue weighted by atomic mass is 10.1. The van der Waals surface area contributed by atoms with Gasteiger partial charge in [0.25, 0.3) is 5.56 Å². The number of nitrogen functional groups attached to an aromatic ring is 1. The molecule has 0 radical (unpaired) electrons. The van der Waals surface area contributed by atoms with Crippen LogP contribution in [0.5, 0.6) is 0 Å². The predicted molar refractivity (Wildman–Crippen MR) is 125 cm³/mol. The predicted octanol–water partition coefficient (Wildman–Crippen LogP) is 2.36. The molecule has 0 saturated heterocycles. The van der Waals surface area contributed by atoms with Gasteiger partial charge in [0.1, 0.15) is 5.82 Å². The van der Waals surface area contributed by atoms with Gasteiger partial charge in [-0.1, -0.05) is 45.4 Å². The third-order valence-electron chi connectivity index (χ3n) is 5.72. The number of para-hydroxylation sites is 1. The number of H-pyrrole nitrogens is 1. The minimum atomic E-state index is -0.623. The molecule has 0 spiro atoms. The van der Waals surface area contributed by atoms with Gasteiger partial charge < -0.3 is 15.5 Å². The number of aromatic nitrogens is 2. The van der Waals surface area contributed by atoms with Crippen LogP contribution < -0.4 is 26.8 Å². The van der Waals surface area contributed by atoms with E-state index in [1.165, 1.54) is 15.0 Å². The van der Waals surface area contributed by atoms with Gasteiger partial charge in [-0.25, -0.2) is 4.79 Å². The normalized spacial score (nSPS) is 15.4. The van der Waals surface area contributed by atoms with Gasteiger partial charge in [0.05, 0.1) is 6.54 Å². The molecule has 0 saturated carbocycles. The standard InChI is InChI=1S/C23H33N5O3/c1-5-6-11-26(20-21(24)28(13-15(2)3)23(31)25-22(20)30)19(29)14-27-16(4)12-17-9-7-8-10-18(17)27/h7-10,15-16H,5-6,11-14,24H2,1-4H3,(H,25,30,31)/t16-/m1/s1. The molecule has 2 heterocycles. The fraction of sp³-hybridized carbons (Fsp3) is 0.522. The first-order valence-electron chi connectivity index (χ1n) is 11.0. The topological polar surface area (TPSA) is 104 Å². The molecule has 0 fully saturated rings. The Morgan fingerprint density at radius 1 is 1.29 bits per heavy atom. The molecule has 8 heteroatoms. The number of rotatable bonds is 8. The number of unbranched alkanes of at least 4 members (excludes halogenated alkanes) is 1. The number of benzene rings is 1. The molecular formula is C23H33N5O3. The lowest BCUT2D eigenvalue weighted by Gasteiger charge is -2.29. The van der Waals surface area contributed by atoms with Crippen molar-refractivity contribution in [2.45, 2.75) is 59.5 Å². The van der Waals surface area contributed by atoms with E-state index in [9.17, 15) is 14.4 Å². The molecule has 1 aliphatic rings. The summed E-state index contributed by atoms with van der Waals surface area (Å²) in [4.78, 5) is 44.4. The Hall–Kier alpha value is -3.03. The van der Waals surface area contributed by atoms with Gasteiger partial charge in [-0.05, 0) is 37.3 Å². The highest BCUT2D eigenvalue weighted by Gasteiger charge is 2.31. The summed E-state index contributed by atoms with van der Waals surface area (Å²) in [6.07, 6.45) is 2.46. The van der Waals surface area contributed by atoms with Crippen molar-refractivity contribution in [3.05, 3.63) is 50.7 Å². The lowest BCUT2D eigenvalue weighted by Crippen LogP contribution is -2.47. The van der Waals surface area contributed by atoms with Crippen LogP contribution in [0.4, 0.5) is 17.2 Å². The highest BCUT2D eigenvalue weighted by molar-refractivity contribution is 5.98. The van der Waals surface area contributed by atoms with Gasteiger partial charge in [0.15, 0.2) is 5.69 Å². The van der Waals surface area contributed by atoms with Crippen molar-refractivity contribution in [3.63, 3.8) is 0 Å². The Morgan fingerprint density at radius 3 is 2.68 bits per heavy atom. The number of aromatic amines is 1. The molecule has 0 aliphatic carbocycles. The number of anilines is 3. The van der Waals surface area contributed by atoms with Gasteiger partial charge >= 0.3 is 5.69 Å². The van der Waals surface area contributed by atoms with E-state index in [-0.39, 0.29) is 35.9 Å². The molecule has 8 nitrogen and oxygen atoms in total. The van der Waals surface area contributed by atoms with Gasteiger partial charge in [-0.15, -0.1) is 0 Å². The lowest BCUT2D eigenvalue weighted by molar-refractivity contribution is -0.117. The second-order valence-electron chi connectivity index (χ2n) is 8.71. The van der Waals surface area contributed by atoms with Crippen molar-refractivity contribution < 1.29 is 4.79 Å². The third-order valence-corrected chi connectivity index (χ3v) is 5.72. The van der Waals surface area contributed by atoms with Gasteiger partial charge in [-0.3, -0.25) is 19.1 Å². The summed E-state index contributed by atoms with van der Waals surface area (Å²) in [6, 6.07) is 8.25. The minimum absolute atomic E-state index is 0.0433. The van der Waals surface area contributed by atoms with E-state index in [2.05, 4.69) is 22.9 Å². The summed E-state index contributed by atoms with van der Waals surface area (Å²) in [5.74, 6) is -0.00813. The number of carbonyl (C=O) groups excluding carboxylic acids is 1. The summed E-state index contributed by atoms with van der Waals surface area (Å²) >= 11 is 0. The summed E-state index contributed by atoms with van der Waals surface area (Å²) in [5.41, 5.74) is 7.45. The van der Waals surface area contributed by atoms with Crippen LogP contribution in [0.25, 0.3) is 0 Å². The van der Waals surface area contributed by atoms with Crippen LogP contribution in [0.3, 0.4) is 0 Å². The largest absolute Gasteiger partial charge is 0.383 e. The van der Waals surface area contributed by atoms with Crippen molar-refractivity contribution in [2.75, 3.05) is 28.6 Å². The number of fused-ring (bicyclic) bond motifs is 1. The van der Waals surface area contributed by atoms with E-state index in [1.807, 2.05) is 39.0 Å². The Morgan fingerprint density at radius 2 is 2.00 bits per heavy atom. The zero-order valence-corrected chi connectivity index (χ0v) is 18.9. The van der Waals surface area contributed by atoms with Crippen molar-refractivity contribution >= 4 is 23.1 Å². The Balaban J connectivity index is 1.98. The Labute approximate surface area is 182 Å². The van der Waals surface area contributed by atoms with E-state index < -0.39 is 11.2 Å². The van der Waals surface area contributed by atoms with Gasteiger partial charge in [0.2, 0.25) is 5.91 Å². The molecular weight excluding hydrogens is 394 g/mol. The fourth-order valence-electron chi connectivity index (χ4n) is 4.16. The molecule has 0 bridgehead atoms. The quantitative estimate of drug-likeness (QED) is 0.673. The third kappa shape index (κ3) is 4.68. The zero-order valence-electron chi connectivity index (χ0n) is 18.9. The fourth-order valence-corrected chi connectivity index (χ4v) is 4.16. The summed E-state index contributed by atoms with van der Waals surface area (Å²) in [6.45, 7) is 8.91. The number of nitrogens with one attached hydrogen (secondary N) is 1. The summed E-state index contributed by atoms with van der Waals surface area (Å²) < 4.78 is 1.35. The van der Waals surface area contributed by atoms with E-state index in [0.29, 0.717) is 13.1 Å². The molecule has 31 heavy (non-hydrogen) atoms. The van der Waals surface area contributed by atoms with E-state index in [4.69, 9.17) is 5.73 Å². The molecule has 0 unspecified atom stereocenters. The second-order valence-corrected chi connectivity index (χ2v) is 8.71. The Bertz CT molecular complexity index is 1060. The first kappa shape index (κ1) is 22.7. The van der Waals surface area contributed by atoms with E-state index in [1.54, 1.807) is 0 Å². The minimum Gasteiger partial charge on any atom is -0.383 e. The van der Waals surface area contributed by atoms with Crippen LogP contribution in [-0.2, 0) is 17.8 Å². The summed E-state index contributed by atoms with van der Waals surface area (Å²) in [7, 11) is 0. The van der Waals surface area contributed by atoms with E-state index in [0.717, 1.165) is 24.9 Å². The van der Waals surface area contributed by atoms with E-state index >= 15 is 0 Å². The SMILES string of the molecule is CCCCN(C(=O)CN1c2ccccc2C[C@H]1C)c1c(N)n(CC(C)C)c(=O)[nH]c1=O. The summed E-state index contributed by atoms with van der Waals surface area (Å²) in [5, 5.41) is 0. The molecule has 1 amide bonds. The first-order valence-corrected chi connectivity index (χ1v) is 11.0. The van der Waals surface area contributed by atoms with Crippen molar-refractivity contribution in [2.24, 2.45) is 5.92 Å². The number of amides is 1. The molecule has 1 aromatic heterocycles. The smallest absolute Gasteiger partial charge is 0.330 e. The molecule has 1 atom stereocenters. The average molecular weight is 428 g/mol. The Kier molecular flexibility index (Phi) is 6.87. The molecule has 2 aromatic rings. The number of nitrogens with two attached hydrogens (primary N) is 1. The molecule has 3 N–H and O–H groups in total. The highest BCUT2D eigenvalue weighted by atomic mass is 16.2. The van der Waals surface area contributed by atoms with Crippen molar-refractivity contribution in [1.82, 2.24) is 9.55 Å². The maximum Gasteiger partial charge on any atom is 0.330 e. The highest BCUT2D eigenvalue weighted by Crippen LogP contribution is 2.32. The monoisotopic (exact) mass is 427 g/mol. The molecule has 1 aliphatic heterocycles. The number of hydrogen-bond donors (Lipinski definition) is 2. The number of nitrogens with zero attached hydrogens (tertiary/aromatic N) is 3. The number of hydrogen-bond acceptors (Lipinski definition) is 5. The van der Waals surface area contributed by atoms with Crippen molar-refractivity contribution in [1.29, 1.82) is 0 Å². The van der Waals surface area contributed by atoms with Crippen LogP contribution in [0.15, 0.2) is 33.9 Å². The van der Waals surface area contributed by atoms with Gasteiger partial charge in [0, 0.05) is 24.8 Å². The molecule has 1 aromatic carbocycles. The van der Waals surface area contributed by atoms with Crippen LogP contribution in [0.2, 0.25) is 0 Å². The van der Waals surface area contributed by atoms with Crippen LogP contribution in [0.1, 0.15) is 46.1 Å². The van der Waals surface area contributed by atoms with Crippen LogP contribution in [0, 0.1) is 5.92 Å². The second kappa shape index (κ2) is 9.41. The maximum atomic E-state index is 13.5. The van der Waals surface area contributed by atoms with Crippen LogP contribution in [-0.4, -0.2) is 34.6 Å².